The van der Waals surface area contributed by atoms with Crippen molar-refractivity contribution in [3.63, 3.8) is 0 Å². The van der Waals surface area contributed by atoms with E-state index in [1.807, 2.05) is 25.9 Å². The summed E-state index contributed by atoms with van der Waals surface area (Å²) in [4.78, 5) is 4.30. The fraction of sp³-hybridized carbons (Fsp3) is 0.267. The summed E-state index contributed by atoms with van der Waals surface area (Å²) in [6.07, 6.45) is 0.756. The lowest BCUT2D eigenvalue weighted by molar-refractivity contribution is 0.229. The molecule has 3 N–H and O–H groups in total. The molecule has 6 nitrogen and oxygen atoms in total. The second-order valence-corrected chi connectivity index (χ2v) is 6.76. The number of benzene rings is 1. The van der Waals surface area contributed by atoms with Crippen LogP contribution < -0.4 is 16.5 Å². The van der Waals surface area contributed by atoms with Gasteiger partial charge in [-0.2, -0.15) is 8.42 Å². The first kappa shape index (κ1) is 17.5. The van der Waals surface area contributed by atoms with Crippen LogP contribution in [0.4, 0.5) is 5.82 Å². The normalized spacial score (nSPS) is 12.7. The largest absolute Gasteiger partial charge is 0.366 e. The molecule has 0 aliphatic heterocycles. The third kappa shape index (κ3) is 5.06. The lowest BCUT2D eigenvalue weighted by Crippen LogP contribution is -2.34. The lowest BCUT2D eigenvalue weighted by Gasteiger charge is -2.14. The van der Waals surface area contributed by atoms with Crippen molar-refractivity contribution in [1.29, 1.82) is 0 Å². The summed E-state index contributed by atoms with van der Waals surface area (Å²) in [5.74, 6) is 0.619. The number of nitrogens with zero attached hydrogens (tertiary/aromatic N) is 1. The number of aromatic nitrogens is 1. The number of pyridine rings is 1. The van der Waals surface area contributed by atoms with Crippen LogP contribution in [0, 0.1) is 6.92 Å². The highest BCUT2D eigenvalue weighted by Gasteiger charge is 2.19. The SMILES string of the molecule is CBc1ccc(NCC(N)OS(=O)(=O)c2ccc(C)cc2)nc1. The Morgan fingerprint density at radius 1 is 1.26 bits per heavy atom. The molecule has 0 bridgehead atoms. The molecule has 0 spiro atoms. The van der Waals surface area contributed by atoms with Crippen molar-refractivity contribution in [2.45, 2.75) is 24.9 Å². The van der Waals surface area contributed by atoms with E-state index in [4.69, 9.17) is 9.92 Å². The van der Waals surface area contributed by atoms with Crippen molar-refractivity contribution in [1.82, 2.24) is 4.98 Å². The summed E-state index contributed by atoms with van der Waals surface area (Å²) in [5, 5.41) is 2.95. The van der Waals surface area contributed by atoms with Gasteiger partial charge in [0.1, 0.15) is 12.0 Å². The van der Waals surface area contributed by atoms with Gasteiger partial charge in [-0.15, -0.1) is 0 Å². The van der Waals surface area contributed by atoms with Crippen LogP contribution in [0.25, 0.3) is 0 Å². The molecule has 0 saturated carbocycles. The van der Waals surface area contributed by atoms with E-state index in [1.165, 1.54) is 12.1 Å². The molecule has 23 heavy (non-hydrogen) atoms. The smallest absolute Gasteiger partial charge is 0.298 e. The Labute approximate surface area is 137 Å². The monoisotopic (exact) mass is 333 g/mol. The molecule has 0 aliphatic rings. The molecular weight excluding hydrogens is 313 g/mol. The Morgan fingerprint density at radius 3 is 2.52 bits per heavy atom. The van der Waals surface area contributed by atoms with Gasteiger partial charge < -0.3 is 11.1 Å². The van der Waals surface area contributed by atoms with Crippen LogP contribution in [0.5, 0.6) is 0 Å². The van der Waals surface area contributed by atoms with Crippen molar-refractivity contribution in [3.05, 3.63) is 48.2 Å². The summed E-state index contributed by atoms with van der Waals surface area (Å²) >= 11 is 0. The second kappa shape index (κ2) is 7.58. The van der Waals surface area contributed by atoms with Gasteiger partial charge in [-0.3, -0.25) is 0 Å². The average molecular weight is 333 g/mol. The predicted molar refractivity (Wildman–Crippen MR) is 92.8 cm³/mol. The molecule has 0 radical (unpaired) electrons. The van der Waals surface area contributed by atoms with Gasteiger partial charge in [0, 0.05) is 6.20 Å². The summed E-state index contributed by atoms with van der Waals surface area (Å²) in [7, 11) is -2.97. The molecule has 1 aromatic heterocycles. The van der Waals surface area contributed by atoms with Crippen molar-refractivity contribution in [2.24, 2.45) is 5.73 Å². The summed E-state index contributed by atoms with van der Waals surface area (Å²) in [5.41, 5.74) is 7.83. The van der Waals surface area contributed by atoms with Crippen LogP contribution in [-0.4, -0.2) is 33.5 Å². The molecule has 8 heteroatoms. The van der Waals surface area contributed by atoms with E-state index in [1.54, 1.807) is 18.3 Å². The van der Waals surface area contributed by atoms with Crippen molar-refractivity contribution in [3.8, 4) is 0 Å². The van der Waals surface area contributed by atoms with E-state index in [0.29, 0.717) is 5.82 Å². The van der Waals surface area contributed by atoms with Crippen LogP contribution in [0.2, 0.25) is 6.82 Å². The minimum absolute atomic E-state index is 0.0870. The number of hydrogen-bond donors (Lipinski definition) is 2. The highest BCUT2D eigenvalue weighted by molar-refractivity contribution is 7.86. The molecular formula is C15H20BN3O3S. The molecule has 2 aromatic rings. The van der Waals surface area contributed by atoms with E-state index < -0.39 is 16.3 Å². The van der Waals surface area contributed by atoms with Crippen molar-refractivity contribution in [2.75, 3.05) is 11.9 Å². The quantitative estimate of drug-likeness (QED) is 0.438. The average Bonchev–Trinajstić information content (AvgIpc) is 2.53. The molecule has 0 amide bonds. The first-order valence-electron chi connectivity index (χ1n) is 7.35. The van der Waals surface area contributed by atoms with Gasteiger partial charge in [0.15, 0.2) is 7.28 Å². The van der Waals surface area contributed by atoms with Gasteiger partial charge in [-0.05, 0) is 25.1 Å². The lowest BCUT2D eigenvalue weighted by atomic mass is 9.74. The zero-order valence-corrected chi connectivity index (χ0v) is 14.0. The van der Waals surface area contributed by atoms with E-state index in [-0.39, 0.29) is 11.4 Å². The molecule has 1 atom stereocenters. The Hall–Kier alpha value is -1.90. The number of nitrogens with two attached hydrogens (primary N) is 1. The third-order valence-electron chi connectivity index (χ3n) is 3.28. The molecule has 2 rings (SSSR count). The Balaban J connectivity index is 1.92. The van der Waals surface area contributed by atoms with Crippen LogP contribution in [0.15, 0.2) is 47.5 Å². The van der Waals surface area contributed by atoms with Gasteiger partial charge in [-0.1, -0.05) is 36.0 Å². The molecule has 1 unspecified atom stereocenters. The maximum absolute atomic E-state index is 12.1. The van der Waals surface area contributed by atoms with Gasteiger partial charge >= 0.3 is 0 Å². The number of rotatable bonds is 7. The zero-order chi connectivity index (χ0) is 16.9. The Bertz CT molecular complexity index is 734. The maximum atomic E-state index is 12.1. The first-order chi connectivity index (χ1) is 10.9. The summed E-state index contributed by atoms with van der Waals surface area (Å²) in [6, 6.07) is 10.2. The minimum Gasteiger partial charge on any atom is -0.366 e. The van der Waals surface area contributed by atoms with Crippen LogP contribution in [-0.2, 0) is 14.3 Å². The van der Waals surface area contributed by atoms with E-state index in [0.717, 1.165) is 18.3 Å². The number of hydrogen-bond acceptors (Lipinski definition) is 6. The fourth-order valence-electron chi connectivity index (χ4n) is 1.90. The molecule has 122 valence electrons. The Kier molecular flexibility index (Phi) is 5.76. The van der Waals surface area contributed by atoms with Crippen molar-refractivity contribution < 1.29 is 12.6 Å². The first-order valence-corrected chi connectivity index (χ1v) is 8.76. The van der Waals surface area contributed by atoms with Gasteiger partial charge in [-0.25, -0.2) is 9.17 Å². The fourth-order valence-corrected chi connectivity index (χ4v) is 2.87. The van der Waals surface area contributed by atoms with Crippen LogP contribution in [0.1, 0.15) is 5.56 Å². The van der Waals surface area contributed by atoms with Crippen LogP contribution >= 0.6 is 0 Å². The summed E-state index contributed by atoms with van der Waals surface area (Å²) in [6.45, 7) is 4.05. The van der Waals surface area contributed by atoms with E-state index in [2.05, 4.69) is 10.3 Å². The van der Waals surface area contributed by atoms with E-state index >= 15 is 0 Å². The van der Waals surface area contributed by atoms with Crippen LogP contribution in [0.3, 0.4) is 0 Å². The number of nitrogens with one attached hydrogen (secondary N) is 1. The molecule has 0 saturated heterocycles. The van der Waals surface area contributed by atoms with Gasteiger partial charge in [0.05, 0.1) is 11.4 Å². The number of aryl methyl sites for hydroxylation is 1. The summed E-state index contributed by atoms with van der Waals surface area (Å²) < 4.78 is 29.2. The van der Waals surface area contributed by atoms with Crippen molar-refractivity contribution >= 4 is 28.7 Å². The molecule has 0 aliphatic carbocycles. The van der Waals surface area contributed by atoms with Gasteiger partial charge in [0.25, 0.3) is 10.1 Å². The minimum atomic E-state index is -3.88. The second-order valence-electron chi connectivity index (χ2n) is 5.19. The highest BCUT2D eigenvalue weighted by atomic mass is 32.2. The molecule has 0 fully saturated rings. The Morgan fingerprint density at radius 2 is 1.96 bits per heavy atom. The van der Waals surface area contributed by atoms with E-state index in [9.17, 15) is 8.42 Å². The molecule has 1 aromatic carbocycles. The molecule has 1 heterocycles. The highest BCUT2D eigenvalue weighted by Crippen LogP contribution is 2.14. The standard InChI is InChI=1S/C15H20BN3O3S/c1-11-3-6-13(7-4-11)23(20,21)22-14(17)10-19-15-8-5-12(16-2)9-18-15/h3-9,14,16H,10,17H2,1-2H3,(H,18,19). The number of anilines is 1. The maximum Gasteiger partial charge on any atom is 0.298 e. The predicted octanol–water partition coefficient (Wildman–Crippen LogP) is 0.602. The third-order valence-corrected chi connectivity index (χ3v) is 4.63. The topological polar surface area (TPSA) is 94.3 Å². The zero-order valence-electron chi connectivity index (χ0n) is 13.2. The van der Waals surface area contributed by atoms with Gasteiger partial charge in [0.2, 0.25) is 0 Å².